The highest BCUT2D eigenvalue weighted by atomic mass is 79.9. The molecule has 2 rings (SSSR count). The second-order valence-corrected chi connectivity index (χ2v) is 6.50. The van der Waals surface area contributed by atoms with Gasteiger partial charge in [-0.3, -0.25) is 4.99 Å². The highest BCUT2D eigenvalue weighted by Gasteiger charge is 2.07. The third kappa shape index (κ3) is 4.17. The number of aliphatic imine (C=N–C) groups is 1. The Morgan fingerprint density at radius 1 is 1.10 bits per heavy atom. The molecule has 0 amide bonds. The van der Waals surface area contributed by atoms with E-state index in [1.54, 1.807) is 0 Å². The Labute approximate surface area is 142 Å². The standard InChI is InChI=1S/C17H17Br2NO/c1-4-21-17-14(18)8-13(9-15(17)19)10-20-16-7-11(2)5-6-12(16)3/h5-10H,4H2,1-3H3. The molecule has 0 heterocycles. The van der Waals surface area contributed by atoms with Crippen LogP contribution in [-0.4, -0.2) is 12.8 Å². The summed E-state index contributed by atoms with van der Waals surface area (Å²) in [6, 6.07) is 10.3. The van der Waals surface area contributed by atoms with Crippen LogP contribution in [0.5, 0.6) is 5.75 Å². The minimum atomic E-state index is 0.632. The van der Waals surface area contributed by atoms with Crippen molar-refractivity contribution in [3.8, 4) is 5.75 Å². The van der Waals surface area contributed by atoms with Crippen LogP contribution in [0.25, 0.3) is 0 Å². The van der Waals surface area contributed by atoms with Crippen molar-refractivity contribution in [3.05, 3.63) is 56.0 Å². The highest BCUT2D eigenvalue weighted by Crippen LogP contribution is 2.34. The van der Waals surface area contributed by atoms with Gasteiger partial charge in [0, 0.05) is 6.21 Å². The number of ether oxygens (including phenoxy) is 1. The monoisotopic (exact) mass is 409 g/mol. The largest absolute Gasteiger partial charge is 0.492 e. The van der Waals surface area contributed by atoms with Crippen LogP contribution in [0.1, 0.15) is 23.6 Å². The van der Waals surface area contributed by atoms with Crippen LogP contribution in [-0.2, 0) is 0 Å². The van der Waals surface area contributed by atoms with E-state index < -0.39 is 0 Å². The normalized spacial score (nSPS) is 11.1. The molecule has 0 unspecified atom stereocenters. The molecule has 0 fully saturated rings. The summed E-state index contributed by atoms with van der Waals surface area (Å²) in [5, 5.41) is 0. The molecule has 4 heteroatoms. The van der Waals surface area contributed by atoms with Gasteiger partial charge in [-0.1, -0.05) is 12.1 Å². The summed E-state index contributed by atoms with van der Waals surface area (Å²) >= 11 is 7.07. The van der Waals surface area contributed by atoms with E-state index in [1.165, 1.54) is 11.1 Å². The number of benzene rings is 2. The fourth-order valence-electron chi connectivity index (χ4n) is 1.94. The Morgan fingerprint density at radius 2 is 1.76 bits per heavy atom. The van der Waals surface area contributed by atoms with E-state index in [0.717, 1.165) is 25.9 Å². The van der Waals surface area contributed by atoms with Gasteiger partial charge in [0.25, 0.3) is 0 Å². The van der Waals surface area contributed by atoms with Crippen LogP contribution in [0.3, 0.4) is 0 Å². The zero-order valence-corrected chi connectivity index (χ0v) is 15.5. The van der Waals surface area contributed by atoms with Gasteiger partial charge in [0.1, 0.15) is 5.75 Å². The summed E-state index contributed by atoms with van der Waals surface area (Å²) in [5.74, 6) is 0.821. The summed E-state index contributed by atoms with van der Waals surface area (Å²) in [5.41, 5.74) is 4.39. The molecule has 0 spiro atoms. The van der Waals surface area contributed by atoms with Gasteiger partial charge in [-0.05, 0) is 87.5 Å². The fraction of sp³-hybridized carbons (Fsp3) is 0.235. The molecule has 2 aromatic rings. The van der Waals surface area contributed by atoms with E-state index in [-0.39, 0.29) is 0 Å². The second kappa shape index (κ2) is 7.23. The molecule has 21 heavy (non-hydrogen) atoms. The van der Waals surface area contributed by atoms with Gasteiger partial charge in [-0.25, -0.2) is 0 Å². The molecule has 0 atom stereocenters. The predicted octanol–water partition coefficient (Wildman–Crippen LogP) is 5.98. The van der Waals surface area contributed by atoms with Gasteiger partial charge in [-0.15, -0.1) is 0 Å². The minimum absolute atomic E-state index is 0.632. The fourth-order valence-corrected chi connectivity index (χ4v) is 3.39. The molecule has 0 aliphatic carbocycles. The van der Waals surface area contributed by atoms with Crippen molar-refractivity contribution >= 4 is 43.8 Å². The lowest BCUT2D eigenvalue weighted by Gasteiger charge is -2.09. The predicted molar refractivity (Wildman–Crippen MR) is 96.2 cm³/mol. The topological polar surface area (TPSA) is 21.6 Å². The van der Waals surface area contributed by atoms with Gasteiger partial charge in [0.05, 0.1) is 21.2 Å². The molecule has 0 radical (unpaired) electrons. The molecule has 2 nitrogen and oxygen atoms in total. The van der Waals surface area contributed by atoms with E-state index in [1.807, 2.05) is 25.3 Å². The Hall–Kier alpha value is -1.13. The lowest BCUT2D eigenvalue weighted by molar-refractivity contribution is 0.336. The first-order valence-electron chi connectivity index (χ1n) is 6.74. The molecule has 0 saturated carbocycles. The molecule has 0 aromatic heterocycles. The number of hydrogen-bond acceptors (Lipinski definition) is 2. The van der Waals surface area contributed by atoms with Gasteiger partial charge in [0.15, 0.2) is 0 Å². The van der Waals surface area contributed by atoms with Crippen molar-refractivity contribution in [2.75, 3.05) is 6.61 Å². The van der Waals surface area contributed by atoms with Crippen molar-refractivity contribution in [2.45, 2.75) is 20.8 Å². The molecular weight excluding hydrogens is 394 g/mol. The molecule has 0 saturated heterocycles. The number of halogens is 2. The minimum Gasteiger partial charge on any atom is -0.492 e. The van der Waals surface area contributed by atoms with Crippen LogP contribution >= 0.6 is 31.9 Å². The third-order valence-corrected chi connectivity index (χ3v) is 4.20. The summed E-state index contributed by atoms with van der Waals surface area (Å²) in [6.07, 6.45) is 1.87. The summed E-state index contributed by atoms with van der Waals surface area (Å²) in [7, 11) is 0. The molecule has 0 aliphatic heterocycles. The van der Waals surface area contributed by atoms with Crippen LogP contribution in [0.15, 0.2) is 44.3 Å². The van der Waals surface area contributed by atoms with Crippen LogP contribution in [0.2, 0.25) is 0 Å². The number of nitrogens with zero attached hydrogens (tertiary/aromatic N) is 1. The number of rotatable bonds is 4. The van der Waals surface area contributed by atoms with E-state index >= 15 is 0 Å². The SMILES string of the molecule is CCOc1c(Br)cc(C=Nc2cc(C)ccc2C)cc1Br. The van der Waals surface area contributed by atoms with Crippen LogP contribution in [0.4, 0.5) is 5.69 Å². The van der Waals surface area contributed by atoms with Gasteiger partial charge in [-0.2, -0.15) is 0 Å². The van der Waals surface area contributed by atoms with E-state index in [4.69, 9.17) is 4.74 Å². The first kappa shape index (κ1) is 16.2. The molecule has 0 N–H and O–H groups in total. The second-order valence-electron chi connectivity index (χ2n) is 4.79. The lowest BCUT2D eigenvalue weighted by Crippen LogP contribution is -1.95. The zero-order valence-electron chi connectivity index (χ0n) is 12.3. The smallest absolute Gasteiger partial charge is 0.147 e. The average molecular weight is 411 g/mol. The van der Waals surface area contributed by atoms with Crippen molar-refractivity contribution < 1.29 is 4.74 Å². The summed E-state index contributed by atoms with van der Waals surface area (Å²) in [6.45, 7) is 6.74. The van der Waals surface area contributed by atoms with Gasteiger partial charge in [0.2, 0.25) is 0 Å². The molecule has 0 aliphatic rings. The molecule has 110 valence electrons. The Morgan fingerprint density at radius 3 is 2.38 bits per heavy atom. The molecular formula is C17H17Br2NO. The number of aryl methyl sites for hydroxylation is 2. The van der Waals surface area contributed by atoms with E-state index in [9.17, 15) is 0 Å². The summed E-state index contributed by atoms with van der Waals surface area (Å²) in [4.78, 5) is 4.59. The summed E-state index contributed by atoms with van der Waals surface area (Å²) < 4.78 is 7.42. The van der Waals surface area contributed by atoms with Crippen LogP contribution < -0.4 is 4.74 Å². The highest BCUT2D eigenvalue weighted by molar-refractivity contribution is 9.11. The van der Waals surface area contributed by atoms with Gasteiger partial charge >= 0.3 is 0 Å². The van der Waals surface area contributed by atoms with E-state index in [0.29, 0.717) is 6.61 Å². The van der Waals surface area contributed by atoms with Crippen molar-refractivity contribution in [2.24, 2.45) is 4.99 Å². The van der Waals surface area contributed by atoms with Crippen LogP contribution in [0, 0.1) is 13.8 Å². The molecule has 2 aromatic carbocycles. The first-order chi connectivity index (χ1) is 10.0. The maximum atomic E-state index is 5.58. The van der Waals surface area contributed by atoms with Crippen molar-refractivity contribution in [1.82, 2.24) is 0 Å². The maximum Gasteiger partial charge on any atom is 0.147 e. The van der Waals surface area contributed by atoms with E-state index in [2.05, 4.69) is 68.9 Å². The average Bonchev–Trinajstić information content (AvgIpc) is 2.44. The molecule has 0 bridgehead atoms. The quantitative estimate of drug-likeness (QED) is 0.568. The third-order valence-electron chi connectivity index (χ3n) is 3.03. The number of hydrogen-bond donors (Lipinski definition) is 0. The van der Waals surface area contributed by atoms with Gasteiger partial charge < -0.3 is 4.74 Å². The first-order valence-corrected chi connectivity index (χ1v) is 8.33. The Kier molecular flexibility index (Phi) is 5.59. The van der Waals surface area contributed by atoms with Crippen molar-refractivity contribution in [3.63, 3.8) is 0 Å². The van der Waals surface area contributed by atoms with Crippen molar-refractivity contribution in [1.29, 1.82) is 0 Å². The lowest BCUT2D eigenvalue weighted by atomic mass is 10.1. The Bertz CT molecular complexity index is 657. The Balaban J connectivity index is 2.31. The zero-order chi connectivity index (χ0) is 15.4. The maximum absolute atomic E-state index is 5.58.